The first kappa shape index (κ1) is 40.3. The molecule has 6 aromatic carbocycles. The fraction of sp³-hybridized carbons (Fsp3) is 0.173. The summed E-state index contributed by atoms with van der Waals surface area (Å²) in [7, 11) is -1.37. The van der Waals surface area contributed by atoms with Crippen LogP contribution < -0.4 is 0 Å². The van der Waals surface area contributed by atoms with Crippen LogP contribution in [0.3, 0.4) is 0 Å². The number of fused-ring (bicyclic) bond motifs is 1. The van der Waals surface area contributed by atoms with E-state index >= 15 is 4.32 Å². The molecule has 0 atom stereocenters. The summed E-state index contributed by atoms with van der Waals surface area (Å²) in [5.41, 5.74) is 13.9. The van der Waals surface area contributed by atoms with Crippen molar-refractivity contribution >= 4 is 79.9 Å². The molecule has 0 amide bonds. The minimum Gasteiger partial charge on any atom is -0.354 e. The van der Waals surface area contributed by atoms with E-state index < -0.39 is 7.12 Å². The molecule has 0 saturated carbocycles. The molecule has 1 aliphatic heterocycles. The van der Waals surface area contributed by atoms with Gasteiger partial charge in [0, 0.05) is 29.4 Å². The molecular formula is C52H46BFI2N2. The number of aliphatic imine (C=N–C) groups is 1. The molecule has 0 spiro atoms. The van der Waals surface area contributed by atoms with Crippen molar-refractivity contribution in [2.45, 2.75) is 59.2 Å². The van der Waals surface area contributed by atoms with Gasteiger partial charge < -0.3 is 8.79 Å². The van der Waals surface area contributed by atoms with Crippen molar-refractivity contribution < 1.29 is 4.32 Å². The third kappa shape index (κ3) is 7.47. The zero-order valence-electron chi connectivity index (χ0n) is 34.0. The molecule has 0 fully saturated rings. The third-order valence-electron chi connectivity index (χ3n) is 11.1. The van der Waals surface area contributed by atoms with Gasteiger partial charge in [-0.3, -0.25) is 0 Å². The van der Waals surface area contributed by atoms with Gasteiger partial charge in [0.2, 0.25) is 0 Å². The zero-order chi connectivity index (χ0) is 40.9. The second kappa shape index (κ2) is 15.9. The monoisotopic (exact) mass is 982 g/mol. The van der Waals surface area contributed by atoms with Crippen LogP contribution in [0, 0.1) is 3.57 Å². The predicted molar refractivity (Wildman–Crippen MR) is 264 cm³/mol. The van der Waals surface area contributed by atoms with E-state index in [0.29, 0.717) is 0 Å². The number of nitrogens with zero attached hydrogens (tertiary/aromatic N) is 2. The summed E-state index contributed by atoms with van der Waals surface area (Å²) in [6, 6.07) is 53.5. The summed E-state index contributed by atoms with van der Waals surface area (Å²) in [5.74, 6) is 0. The number of hydrogen-bond donors (Lipinski definition) is 0. The number of benzene rings is 6. The average molecular weight is 983 g/mol. The number of rotatable bonds is 7. The first-order valence-corrected chi connectivity index (χ1v) is 22.0. The van der Waals surface area contributed by atoms with Gasteiger partial charge >= 0.3 is 7.12 Å². The van der Waals surface area contributed by atoms with Crippen molar-refractivity contribution in [2.24, 2.45) is 4.99 Å². The van der Waals surface area contributed by atoms with Gasteiger partial charge in [0.05, 0.1) is 22.8 Å². The molecule has 0 unspecified atom stereocenters. The first-order chi connectivity index (χ1) is 27.7. The molecular weight excluding hydrogens is 936 g/mol. The van der Waals surface area contributed by atoms with E-state index in [1.165, 1.54) is 11.1 Å². The molecule has 0 radical (unpaired) electrons. The minimum atomic E-state index is -1.37. The van der Waals surface area contributed by atoms with Crippen molar-refractivity contribution in [3.63, 3.8) is 0 Å². The smallest absolute Gasteiger partial charge is 0.354 e. The lowest BCUT2D eigenvalue weighted by Gasteiger charge is -2.22. The maximum Gasteiger partial charge on any atom is 0.462 e. The van der Waals surface area contributed by atoms with Crippen LogP contribution in [0.1, 0.15) is 75.1 Å². The fourth-order valence-corrected chi connectivity index (χ4v) is 10.2. The summed E-state index contributed by atoms with van der Waals surface area (Å²) in [6.07, 6.45) is 0. The highest BCUT2D eigenvalue weighted by atomic mass is 127. The van der Waals surface area contributed by atoms with Crippen LogP contribution in [-0.4, -0.2) is 17.3 Å². The van der Waals surface area contributed by atoms with Gasteiger partial charge in [0.25, 0.3) is 0 Å². The van der Waals surface area contributed by atoms with Crippen LogP contribution >= 0.6 is 45.2 Å². The lowest BCUT2D eigenvalue weighted by Crippen LogP contribution is -2.19. The van der Waals surface area contributed by atoms with Crippen LogP contribution in [0.15, 0.2) is 166 Å². The maximum atomic E-state index is 17.2. The van der Waals surface area contributed by atoms with E-state index in [0.717, 1.165) is 85.2 Å². The molecule has 288 valence electrons. The predicted octanol–water partition coefficient (Wildman–Crippen LogP) is 15.2. The molecule has 0 N–H and O–H groups in total. The molecule has 1 aromatic heterocycles. The Morgan fingerprint density at radius 2 is 1.10 bits per heavy atom. The van der Waals surface area contributed by atoms with Crippen LogP contribution in [0.25, 0.3) is 44.3 Å². The standard InChI is InChI=1S/C52H46BFI2N2/c1-51(2,3)38-29-25-36(26-30-38)47-45(55)42(34-18-10-8-11-19-34)48(57-47)44(41-24-16-22-33-17-14-15-23-40(33)41)50-43(35-20-12-9-13-21-35)46(56)49(58(50)53(7)54)37-27-31-39(32-28-37)52(4,5)6/h8-32H,1-7H3/b48-44-. The molecule has 0 saturated heterocycles. The summed E-state index contributed by atoms with van der Waals surface area (Å²) < 4.78 is 21.1. The molecule has 2 heterocycles. The Morgan fingerprint density at radius 3 is 1.67 bits per heavy atom. The molecule has 1 aliphatic rings. The van der Waals surface area contributed by atoms with E-state index in [9.17, 15) is 0 Å². The summed E-state index contributed by atoms with van der Waals surface area (Å²) in [5, 5.41) is 2.19. The van der Waals surface area contributed by atoms with E-state index in [-0.39, 0.29) is 10.8 Å². The second-order valence-corrected chi connectivity index (χ2v) is 19.3. The van der Waals surface area contributed by atoms with Gasteiger partial charge in [-0.2, -0.15) is 0 Å². The van der Waals surface area contributed by atoms with E-state index in [2.05, 4.69) is 232 Å². The highest BCUT2D eigenvalue weighted by Gasteiger charge is 2.36. The van der Waals surface area contributed by atoms with Gasteiger partial charge in [0.1, 0.15) is 0 Å². The van der Waals surface area contributed by atoms with Crippen LogP contribution in [0.5, 0.6) is 0 Å². The third-order valence-corrected chi connectivity index (χ3v) is 13.2. The van der Waals surface area contributed by atoms with Gasteiger partial charge in [-0.25, -0.2) is 4.99 Å². The van der Waals surface area contributed by atoms with Crippen LogP contribution in [0.4, 0.5) is 4.32 Å². The number of hydrogen-bond acceptors (Lipinski definition) is 1. The number of halogens is 3. The summed E-state index contributed by atoms with van der Waals surface area (Å²) >= 11 is 4.97. The Hall–Kier alpha value is -4.54. The van der Waals surface area contributed by atoms with Crippen molar-refractivity contribution in [2.75, 3.05) is 0 Å². The van der Waals surface area contributed by atoms with Crippen molar-refractivity contribution in [1.82, 2.24) is 4.48 Å². The Bertz CT molecular complexity index is 2740. The van der Waals surface area contributed by atoms with E-state index in [4.69, 9.17) is 4.99 Å². The van der Waals surface area contributed by atoms with Crippen molar-refractivity contribution in [1.29, 1.82) is 0 Å². The van der Waals surface area contributed by atoms with Crippen molar-refractivity contribution in [3.8, 4) is 22.4 Å². The topological polar surface area (TPSA) is 17.3 Å². The largest absolute Gasteiger partial charge is 0.462 e. The lowest BCUT2D eigenvalue weighted by molar-refractivity contribution is 0.590. The summed E-state index contributed by atoms with van der Waals surface area (Å²) in [6.45, 7) is 15.0. The average Bonchev–Trinajstić information content (AvgIpc) is 3.71. The molecule has 8 rings (SSSR count). The van der Waals surface area contributed by atoms with Crippen LogP contribution in [-0.2, 0) is 10.8 Å². The maximum absolute atomic E-state index is 17.2. The van der Waals surface area contributed by atoms with Crippen LogP contribution in [0.2, 0.25) is 6.82 Å². The van der Waals surface area contributed by atoms with E-state index in [1.54, 1.807) is 6.82 Å². The Balaban J connectivity index is 1.56. The van der Waals surface area contributed by atoms with Crippen molar-refractivity contribution in [3.05, 3.63) is 198 Å². The molecule has 2 nitrogen and oxygen atoms in total. The normalized spacial score (nSPS) is 14.3. The summed E-state index contributed by atoms with van der Waals surface area (Å²) in [4.78, 5) is 5.71. The highest BCUT2D eigenvalue weighted by molar-refractivity contribution is 14.1. The molecule has 0 bridgehead atoms. The lowest BCUT2D eigenvalue weighted by atomic mass is 9.84. The molecule has 0 aliphatic carbocycles. The van der Waals surface area contributed by atoms with Gasteiger partial charge in [-0.15, -0.1) is 0 Å². The minimum absolute atomic E-state index is 0.0179. The SMILES string of the molecule is CB(F)n1c(/C(=C2\N=C(c3ccc(C(C)(C)C)cc3)C(I)=C2c2ccccc2)c2cccc3ccccc23)c(-c2ccccc2)c(I)c1-c1ccc(C(C)(C)C)cc1. The fourth-order valence-electron chi connectivity index (χ4n) is 8.04. The Labute approximate surface area is 370 Å². The second-order valence-electron chi connectivity index (χ2n) is 17.1. The quantitative estimate of drug-likeness (QED) is 0.112. The number of aromatic nitrogens is 1. The van der Waals surface area contributed by atoms with Gasteiger partial charge in [0.15, 0.2) is 0 Å². The Kier molecular flexibility index (Phi) is 11.0. The van der Waals surface area contributed by atoms with Gasteiger partial charge in [-0.05, 0) is 107 Å². The van der Waals surface area contributed by atoms with E-state index in [1.807, 2.05) is 10.5 Å². The Morgan fingerprint density at radius 1 is 0.586 bits per heavy atom. The van der Waals surface area contributed by atoms with Gasteiger partial charge in [-0.1, -0.05) is 193 Å². The molecule has 7 aromatic rings. The highest BCUT2D eigenvalue weighted by Crippen LogP contribution is 2.50. The number of allylic oxidation sites excluding steroid dienone is 2. The zero-order valence-corrected chi connectivity index (χ0v) is 38.4. The molecule has 58 heavy (non-hydrogen) atoms. The first-order valence-electron chi connectivity index (χ1n) is 19.9. The molecule has 6 heteroatoms.